The monoisotopic (exact) mass is 304 g/mol. The van der Waals surface area contributed by atoms with Crippen LogP contribution in [0.25, 0.3) is 0 Å². The normalized spacial score (nSPS) is 23.5. The SMILES string of the molecule is O=C(CN1CCCC[C@H]1C1OCCO1)NCc1ccccc1. The van der Waals surface area contributed by atoms with E-state index in [1.165, 1.54) is 6.42 Å². The Balaban J connectivity index is 1.50. The maximum atomic E-state index is 12.2. The minimum Gasteiger partial charge on any atom is -0.351 e. The fourth-order valence-corrected chi connectivity index (χ4v) is 3.16. The number of hydrogen-bond acceptors (Lipinski definition) is 4. The highest BCUT2D eigenvalue weighted by atomic mass is 16.7. The van der Waals surface area contributed by atoms with Crippen LogP contribution in [0.3, 0.4) is 0 Å². The van der Waals surface area contributed by atoms with Crippen LogP contribution < -0.4 is 5.32 Å². The molecule has 1 N–H and O–H groups in total. The fraction of sp³-hybridized carbons (Fsp3) is 0.588. The Morgan fingerprint density at radius 2 is 1.95 bits per heavy atom. The number of hydrogen-bond donors (Lipinski definition) is 1. The van der Waals surface area contributed by atoms with Gasteiger partial charge in [0.05, 0.1) is 25.8 Å². The van der Waals surface area contributed by atoms with Crippen molar-refractivity contribution in [2.24, 2.45) is 0 Å². The van der Waals surface area contributed by atoms with E-state index in [0.717, 1.165) is 24.9 Å². The van der Waals surface area contributed by atoms with Crippen molar-refractivity contribution in [3.8, 4) is 0 Å². The molecule has 2 aliphatic heterocycles. The molecule has 2 aliphatic rings. The third-order valence-electron chi connectivity index (χ3n) is 4.31. The molecule has 2 heterocycles. The molecule has 1 aromatic rings. The van der Waals surface area contributed by atoms with Gasteiger partial charge in [-0.1, -0.05) is 36.8 Å². The highest BCUT2D eigenvalue weighted by Gasteiger charge is 2.34. The molecule has 5 heteroatoms. The van der Waals surface area contributed by atoms with E-state index in [2.05, 4.69) is 10.2 Å². The molecule has 1 aromatic carbocycles. The Hall–Kier alpha value is -1.43. The largest absolute Gasteiger partial charge is 0.351 e. The molecule has 1 amide bonds. The van der Waals surface area contributed by atoms with Gasteiger partial charge in [-0.2, -0.15) is 0 Å². The molecular weight excluding hydrogens is 280 g/mol. The molecule has 0 bridgehead atoms. The van der Waals surface area contributed by atoms with E-state index in [1.54, 1.807) is 0 Å². The zero-order valence-corrected chi connectivity index (χ0v) is 12.9. The summed E-state index contributed by atoms with van der Waals surface area (Å²) in [4.78, 5) is 14.4. The number of piperidine rings is 1. The van der Waals surface area contributed by atoms with Crippen molar-refractivity contribution >= 4 is 5.91 Å². The molecule has 0 radical (unpaired) electrons. The number of amides is 1. The summed E-state index contributed by atoms with van der Waals surface area (Å²) in [7, 11) is 0. The van der Waals surface area contributed by atoms with Crippen LogP contribution in [0.4, 0.5) is 0 Å². The molecule has 0 saturated carbocycles. The van der Waals surface area contributed by atoms with E-state index in [0.29, 0.717) is 26.3 Å². The number of nitrogens with zero attached hydrogens (tertiary/aromatic N) is 1. The van der Waals surface area contributed by atoms with Crippen molar-refractivity contribution in [1.82, 2.24) is 10.2 Å². The van der Waals surface area contributed by atoms with Crippen molar-refractivity contribution in [2.45, 2.75) is 38.1 Å². The van der Waals surface area contributed by atoms with E-state index in [9.17, 15) is 4.79 Å². The van der Waals surface area contributed by atoms with Crippen molar-refractivity contribution in [3.63, 3.8) is 0 Å². The smallest absolute Gasteiger partial charge is 0.234 e. The van der Waals surface area contributed by atoms with E-state index < -0.39 is 0 Å². The first kappa shape index (κ1) is 15.5. The number of nitrogens with one attached hydrogen (secondary N) is 1. The second kappa shape index (κ2) is 7.72. The zero-order valence-electron chi connectivity index (χ0n) is 12.9. The van der Waals surface area contributed by atoms with Gasteiger partial charge in [-0.05, 0) is 24.9 Å². The van der Waals surface area contributed by atoms with Gasteiger partial charge in [0, 0.05) is 6.54 Å². The van der Waals surface area contributed by atoms with Crippen molar-refractivity contribution in [2.75, 3.05) is 26.3 Å². The highest BCUT2D eigenvalue weighted by Crippen LogP contribution is 2.23. The summed E-state index contributed by atoms with van der Waals surface area (Å²) in [6.45, 7) is 3.26. The van der Waals surface area contributed by atoms with Crippen LogP contribution in [-0.2, 0) is 20.8 Å². The van der Waals surface area contributed by atoms with Crippen LogP contribution in [0, 0.1) is 0 Å². The molecule has 5 nitrogen and oxygen atoms in total. The van der Waals surface area contributed by atoms with Crippen molar-refractivity contribution in [1.29, 1.82) is 0 Å². The summed E-state index contributed by atoms with van der Waals surface area (Å²) in [5.74, 6) is 0.0637. The van der Waals surface area contributed by atoms with Gasteiger partial charge in [-0.3, -0.25) is 9.69 Å². The summed E-state index contributed by atoms with van der Waals surface area (Å²) in [6, 6.07) is 10.2. The molecule has 0 aliphatic carbocycles. The third kappa shape index (κ3) is 4.06. The van der Waals surface area contributed by atoms with E-state index in [4.69, 9.17) is 9.47 Å². The summed E-state index contributed by atoms with van der Waals surface area (Å²) >= 11 is 0. The van der Waals surface area contributed by atoms with E-state index in [1.807, 2.05) is 30.3 Å². The Labute approximate surface area is 131 Å². The third-order valence-corrected chi connectivity index (χ3v) is 4.31. The molecule has 0 spiro atoms. The lowest BCUT2D eigenvalue weighted by atomic mass is 10.0. The van der Waals surface area contributed by atoms with Gasteiger partial charge in [0.1, 0.15) is 0 Å². The zero-order chi connectivity index (χ0) is 15.2. The first-order valence-electron chi connectivity index (χ1n) is 8.11. The molecule has 3 rings (SSSR count). The van der Waals surface area contributed by atoms with Crippen LogP contribution in [0.2, 0.25) is 0 Å². The van der Waals surface area contributed by atoms with Crippen LogP contribution in [0.1, 0.15) is 24.8 Å². The van der Waals surface area contributed by atoms with Crippen LogP contribution in [0.15, 0.2) is 30.3 Å². The van der Waals surface area contributed by atoms with Gasteiger partial charge in [-0.25, -0.2) is 0 Å². The Morgan fingerprint density at radius 3 is 2.73 bits per heavy atom. The summed E-state index contributed by atoms with van der Waals surface area (Å²) < 4.78 is 11.3. The lowest BCUT2D eigenvalue weighted by Crippen LogP contribution is -2.50. The van der Waals surface area contributed by atoms with Gasteiger partial charge < -0.3 is 14.8 Å². The summed E-state index contributed by atoms with van der Waals surface area (Å²) in [5.41, 5.74) is 1.12. The summed E-state index contributed by atoms with van der Waals surface area (Å²) in [6.07, 6.45) is 3.18. The van der Waals surface area contributed by atoms with Crippen molar-refractivity contribution < 1.29 is 14.3 Å². The molecule has 120 valence electrons. The average molecular weight is 304 g/mol. The number of likely N-dealkylation sites (tertiary alicyclic amines) is 1. The molecule has 22 heavy (non-hydrogen) atoms. The van der Waals surface area contributed by atoms with Crippen LogP contribution >= 0.6 is 0 Å². The second-order valence-corrected chi connectivity index (χ2v) is 5.91. The maximum absolute atomic E-state index is 12.2. The number of benzene rings is 1. The number of rotatable bonds is 5. The predicted molar refractivity (Wildman–Crippen MR) is 83.2 cm³/mol. The Morgan fingerprint density at radius 1 is 1.18 bits per heavy atom. The number of ether oxygens (including phenoxy) is 2. The van der Waals surface area contributed by atoms with Gasteiger partial charge in [-0.15, -0.1) is 0 Å². The lowest BCUT2D eigenvalue weighted by Gasteiger charge is -2.37. The molecule has 2 fully saturated rings. The predicted octanol–water partition coefficient (Wildman–Crippen LogP) is 1.53. The fourth-order valence-electron chi connectivity index (χ4n) is 3.16. The van der Waals surface area contributed by atoms with Gasteiger partial charge in [0.25, 0.3) is 0 Å². The van der Waals surface area contributed by atoms with Crippen molar-refractivity contribution in [3.05, 3.63) is 35.9 Å². The molecule has 2 saturated heterocycles. The molecule has 1 atom stereocenters. The average Bonchev–Trinajstić information content (AvgIpc) is 3.09. The molecule has 0 unspecified atom stereocenters. The van der Waals surface area contributed by atoms with Gasteiger partial charge >= 0.3 is 0 Å². The number of carbonyl (C=O) groups excluding carboxylic acids is 1. The molecule has 0 aromatic heterocycles. The van der Waals surface area contributed by atoms with Crippen LogP contribution in [0.5, 0.6) is 0 Å². The van der Waals surface area contributed by atoms with Gasteiger partial charge in [0.15, 0.2) is 6.29 Å². The highest BCUT2D eigenvalue weighted by molar-refractivity contribution is 5.78. The topological polar surface area (TPSA) is 50.8 Å². The Bertz CT molecular complexity index is 474. The minimum absolute atomic E-state index is 0.0637. The quantitative estimate of drug-likeness (QED) is 0.896. The lowest BCUT2D eigenvalue weighted by molar-refractivity contribution is -0.131. The minimum atomic E-state index is -0.165. The molecular formula is C17H24N2O3. The standard InChI is InChI=1S/C17H24N2O3/c20-16(18-12-14-6-2-1-3-7-14)13-19-9-5-4-8-15(19)17-21-10-11-22-17/h1-3,6-7,15,17H,4-5,8-13H2,(H,18,20)/t15-/m0/s1. The Kier molecular flexibility index (Phi) is 5.43. The summed E-state index contributed by atoms with van der Waals surface area (Å²) in [5, 5.41) is 3.00. The van der Waals surface area contributed by atoms with Crippen LogP contribution in [-0.4, -0.2) is 49.4 Å². The van der Waals surface area contributed by atoms with E-state index in [-0.39, 0.29) is 18.2 Å². The first-order chi connectivity index (χ1) is 10.8. The van der Waals surface area contributed by atoms with E-state index >= 15 is 0 Å². The van der Waals surface area contributed by atoms with Gasteiger partial charge in [0.2, 0.25) is 5.91 Å². The number of carbonyl (C=O) groups is 1. The second-order valence-electron chi connectivity index (χ2n) is 5.91. The first-order valence-corrected chi connectivity index (χ1v) is 8.11. The maximum Gasteiger partial charge on any atom is 0.234 e.